The molecule has 0 saturated carbocycles. The van der Waals surface area contributed by atoms with Crippen LogP contribution in [0.2, 0.25) is 0 Å². The molecule has 0 saturated heterocycles. The van der Waals surface area contributed by atoms with Crippen molar-refractivity contribution in [1.82, 2.24) is 10.6 Å². The second-order valence-electron chi connectivity index (χ2n) is 8.41. The third kappa shape index (κ3) is 14.5. The van der Waals surface area contributed by atoms with Gasteiger partial charge >= 0.3 is 6.03 Å². The SMILES string of the molecule is C[N+](C)(C)C[C@@H](CC(=O)[O-])NC(=O)NCCCCCCOCCc1ccccc1. The Bertz CT molecular complexity index is 587. The summed E-state index contributed by atoms with van der Waals surface area (Å²) in [5.41, 5.74) is 1.29. The van der Waals surface area contributed by atoms with E-state index in [4.69, 9.17) is 4.74 Å². The van der Waals surface area contributed by atoms with Gasteiger partial charge in [0.25, 0.3) is 0 Å². The highest BCUT2D eigenvalue weighted by Gasteiger charge is 2.20. The van der Waals surface area contributed by atoms with Crippen molar-refractivity contribution in [3.63, 3.8) is 0 Å². The number of hydrogen-bond acceptors (Lipinski definition) is 4. The molecule has 1 aromatic rings. The summed E-state index contributed by atoms with van der Waals surface area (Å²) in [6.07, 6.45) is 4.73. The highest BCUT2D eigenvalue weighted by Crippen LogP contribution is 2.03. The predicted molar refractivity (Wildman–Crippen MR) is 112 cm³/mol. The van der Waals surface area contributed by atoms with Crippen LogP contribution in [0.25, 0.3) is 0 Å². The number of ether oxygens (including phenoxy) is 1. The minimum Gasteiger partial charge on any atom is -0.550 e. The molecule has 0 fully saturated rings. The summed E-state index contributed by atoms with van der Waals surface area (Å²) in [6.45, 7) is 2.59. The molecule has 0 heterocycles. The van der Waals surface area contributed by atoms with Crippen LogP contribution in [0, 0.1) is 0 Å². The molecule has 29 heavy (non-hydrogen) atoms. The van der Waals surface area contributed by atoms with E-state index in [1.165, 1.54) is 5.56 Å². The number of carboxylic acids is 1. The van der Waals surface area contributed by atoms with Gasteiger partial charge in [-0.1, -0.05) is 43.2 Å². The third-order valence-corrected chi connectivity index (χ3v) is 4.40. The summed E-state index contributed by atoms with van der Waals surface area (Å²) >= 11 is 0. The molecular weight excluding hydrogens is 370 g/mol. The van der Waals surface area contributed by atoms with Crippen molar-refractivity contribution in [1.29, 1.82) is 0 Å². The molecule has 0 radical (unpaired) electrons. The summed E-state index contributed by atoms with van der Waals surface area (Å²) in [4.78, 5) is 22.9. The fraction of sp³-hybridized carbons (Fsp3) is 0.636. The Morgan fingerprint density at radius 2 is 1.72 bits per heavy atom. The lowest BCUT2D eigenvalue weighted by Crippen LogP contribution is -2.53. The van der Waals surface area contributed by atoms with Gasteiger partial charge in [-0.25, -0.2) is 4.79 Å². The number of benzene rings is 1. The molecular formula is C22H37N3O4. The highest BCUT2D eigenvalue weighted by molar-refractivity contribution is 5.75. The van der Waals surface area contributed by atoms with Gasteiger partial charge in [-0.3, -0.25) is 0 Å². The van der Waals surface area contributed by atoms with Crippen LogP contribution >= 0.6 is 0 Å². The van der Waals surface area contributed by atoms with Crippen molar-refractivity contribution in [2.75, 3.05) is 47.4 Å². The molecule has 1 rings (SSSR count). The number of amides is 2. The lowest BCUT2D eigenvalue weighted by molar-refractivity contribution is -0.871. The zero-order chi connectivity index (χ0) is 21.5. The van der Waals surface area contributed by atoms with Gasteiger partial charge in [-0.05, 0) is 24.8 Å². The van der Waals surface area contributed by atoms with Crippen molar-refractivity contribution in [2.45, 2.75) is 44.6 Å². The van der Waals surface area contributed by atoms with E-state index in [0.29, 0.717) is 17.6 Å². The van der Waals surface area contributed by atoms with Crippen LogP contribution in [0.15, 0.2) is 30.3 Å². The number of quaternary nitrogens is 1. The maximum Gasteiger partial charge on any atom is 0.315 e. The van der Waals surface area contributed by atoms with Crippen LogP contribution in [-0.4, -0.2) is 70.0 Å². The molecule has 7 nitrogen and oxygen atoms in total. The minimum absolute atomic E-state index is 0.187. The minimum atomic E-state index is -1.16. The Morgan fingerprint density at radius 3 is 2.38 bits per heavy atom. The number of unbranched alkanes of at least 4 members (excludes halogenated alkanes) is 3. The fourth-order valence-electron chi connectivity index (χ4n) is 3.08. The molecule has 2 N–H and O–H groups in total. The Labute approximate surface area is 175 Å². The van der Waals surface area contributed by atoms with Crippen LogP contribution in [-0.2, 0) is 16.0 Å². The van der Waals surface area contributed by atoms with Gasteiger partial charge in [0.15, 0.2) is 0 Å². The molecule has 0 aliphatic carbocycles. The standard InChI is InChI=1S/C22H37N3O4/c1-25(2,3)18-20(17-21(26)27)24-22(28)23-14-9-4-5-10-15-29-16-13-19-11-7-6-8-12-19/h6-8,11-12,20H,4-5,9-10,13-18H2,1-3H3,(H2-,23,24,26,27,28)/t20-/m1/s1. The maximum absolute atomic E-state index is 12.0. The van der Waals surface area contributed by atoms with Crippen molar-refractivity contribution in [2.24, 2.45) is 0 Å². The summed E-state index contributed by atoms with van der Waals surface area (Å²) < 4.78 is 6.22. The van der Waals surface area contributed by atoms with E-state index in [-0.39, 0.29) is 12.5 Å². The van der Waals surface area contributed by atoms with Crippen molar-refractivity contribution < 1.29 is 23.9 Å². The van der Waals surface area contributed by atoms with E-state index in [2.05, 4.69) is 22.8 Å². The maximum atomic E-state index is 12.0. The predicted octanol–water partition coefficient (Wildman–Crippen LogP) is 1.32. The molecule has 7 heteroatoms. The molecule has 1 atom stereocenters. The summed E-state index contributed by atoms with van der Waals surface area (Å²) in [7, 11) is 5.85. The van der Waals surface area contributed by atoms with Gasteiger partial charge in [-0.15, -0.1) is 0 Å². The van der Waals surface area contributed by atoms with E-state index in [1.54, 1.807) is 0 Å². The van der Waals surface area contributed by atoms with Crippen molar-refractivity contribution >= 4 is 12.0 Å². The first kappa shape index (κ1) is 24.9. The number of carbonyl (C=O) groups excluding carboxylic acids is 2. The van der Waals surface area contributed by atoms with Crippen LogP contribution < -0.4 is 15.7 Å². The summed E-state index contributed by atoms with van der Waals surface area (Å²) in [5, 5.41) is 16.4. The highest BCUT2D eigenvalue weighted by atomic mass is 16.5. The van der Waals surface area contributed by atoms with E-state index >= 15 is 0 Å². The van der Waals surface area contributed by atoms with E-state index in [0.717, 1.165) is 45.3 Å². The lowest BCUT2D eigenvalue weighted by Gasteiger charge is -2.30. The van der Waals surface area contributed by atoms with Gasteiger partial charge in [-0.2, -0.15) is 0 Å². The molecule has 0 unspecified atom stereocenters. The normalized spacial score (nSPS) is 12.4. The molecule has 2 amide bonds. The Morgan fingerprint density at radius 1 is 1.03 bits per heavy atom. The first-order valence-corrected chi connectivity index (χ1v) is 10.4. The fourth-order valence-corrected chi connectivity index (χ4v) is 3.08. The average molecular weight is 408 g/mol. The molecule has 0 aliphatic heterocycles. The molecule has 0 aliphatic rings. The van der Waals surface area contributed by atoms with Crippen LogP contribution in [0.3, 0.4) is 0 Å². The van der Waals surface area contributed by atoms with Crippen LogP contribution in [0.1, 0.15) is 37.7 Å². The quantitative estimate of drug-likeness (QED) is 0.339. The second-order valence-corrected chi connectivity index (χ2v) is 8.41. The van der Waals surface area contributed by atoms with Crippen LogP contribution in [0.5, 0.6) is 0 Å². The Kier molecular flexibility index (Phi) is 12.0. The van der Waals surface area contributed by atoms with Gasteiger partial charge in [0, 0.05) is 25.5 Å². The van der Waals surface area contributed by atoms with Gasteiger partial charge in [0.2, 0.25) is 0 Å². The molecule has 164 valence electrons. The first-order valence-electron chi connectivity index (χ1n) is 10.4. The number of rotatable bonds is 15. The van der Waals surface area contributed by atoms with Gasteiger partial charge in [0.1, 0.15) is 0 Å². The summed E-state index contributed by atoms with van der Waals surface area (Å²) in [6, 6.07) is 9.53. The number of hydrogen-bond donors (Lipinski definition) is 2. The Hall–Kier alpha value is -2.12. The number of nitrogens with one attached hydrogen (secondary N) is 2. The third-order valence-electron chi connectivity index (χ3n) is 4.40. The second kappa shape index (κ2) is 14.0. The van der Waals surface area contributed by atoms with E-state index in [1.807, 2.05) is 39.3 Å². The average Bonchev–Trinajstić information content (AvgIpc) is 2.62. The monoisotopic (exact) mass is 407 g/mol. The number of likely N-dealkylation sites (N-methyl/N-ethyl adjacent to an activating group) is 1. The first-order chi connectivity index (χ1) is 13.8. The molecule has 1 aromatic carbocycles. The zero-order valence-corrected chi connectivity index (χ0v) is 18.1. The largest absolute Gasteiger partial charge is 0.550 e. The van der Waals surface area contributed by atoms with Gasteiger partial charge in [0.05, 0.1) is 40.3 Å². The lowest BCUT2D eigenvalue weighted by atomic mass is 10.2. The smallest absolute Gasteiger partial charge is 0.315 e. The number of urea groups is 1. The van der Waals surface area contributed by atoms with E-state index < -0.39 is 12.0 Å². The number of carboxylic acid groups (broad SMARTS) is 1. The van der Waals surface area contributed by atoms with Crippen molar-refractivity contribution in [3.05, 3.63) is 35.9 Å². The molecule has 0 spiro atoms. The van der Waals surface area contributed by atoms with E-state index in [9.17, 15) is 14.7 Å². The van der Waals surface area contributed by atoms with Crippen LogP contribution in [0.4, 0.5) is 4.79 Å². The van der Waals surface area contributed by atoms with Gasteiger partial charge < -0.3 is 29.8 Å². The number of aliphatic carboxylic acids is 1. The number of carbonyl (C=O) groups is 2. The molecule has 0 aromatic heterocycles. The summed E-state index contributed by atoms with van der Waals surface area (Å²) in [5.74, 6) is -1.16. The Balaban J connectivity index is 2.02. The number of nitrogens with zero attached hydrogens (tertiary/aromatic N) is 1. The van der Waals surface area contributed by atoms with Crippen molar-refractivity contribution in [3.8, 4) is 0 Å². The topological polar surface area (TPSA) is 90.5 Å². The zero-order valence-electron chi connectivity index (χ0n) is 18.1. The molecule has 0 bridgehead atoms.